The van der Waals surface area contributed by atoms with Crippen molar-refractivity contribution >= 4 is 21.8 Å². The molecule has 7 heteroatoms. The Morgan fingerprint density at radius 3 is 2.59 bits per heavy atom. The number of fused-ring (bicyclic) bond motifs is 2. The van der Waals surface area contributed by atoms with Gasteiger partial charge in [-0.25, -0.2) is 13.2 Å². The highest BCUT2D eigenvalue weighted by atomic mass is 32.2. The zero-order valence-electron chi connectivity index (χ0n) is 16.3. The SMILES string of the molecule is CC(=O)COC(=O)c1cccc(S(=O)(=O)N2C[C@@]3(C)C[C@@H]2CC(C)(C)C3)c1. The van der Waals surface area contributed by atoms with Gasteiger partial charge in [0.2, 0.25) is 10.0 Å². The highest BCUT2D eigenvalue weighted by molar-refractivity contribution is 7.89. The summed E-state index contributed by atoms with van der Waals surface area (Å²) >= 11 is 0. The largest absolute Gasteiger partial charge is 0.454 e. The molecule has 2 bridgehead atoms. The second kappa shape index (κ2) is 6.71. The van der Waals surface area contributed by atoms with Gasteiger partial charge in [0.1, 0.15) is 6.61 Å². The Hall–Kier alpha value is -1.73. The van der Waals surface area contributed by atoms with E-state index in [1.165, 1.54) is 31.2 Å². The molecule has 1 saturated heterocycles. The van der Waals surface area contributed by atoms with Gasteiger partial charge in [0.05, 0.1) is 10.5 Å². The highest BCUT2D eigenvalue weighted by Crippen LogP contribution is 2.53. The maximum absolute atomic E-state index is 13.3. The molecule has 1 aliphatic heterocycles. The van der Waals surface area contributed by atoms with Crippen molar-refractivity contribution in [3.8, 4) is 0 Å². The van der Waals surface area contributed by atoms with Gasteiger partial charge in [-0.1, -0.05) is 26.8 Å². The molecular weight excluding hydrogens is 366 g/mol. The third-order valence-corrected chi connectivity index (χ3v) is 7.34. The van der Waals surface area contributed by atoms with Crippen LogP contribution < -0.4 is 0 Å². The Morgan fingerprint density at radius 2 is 1.93 bits per heavy atom. The summed E-state index contributed by atoms with van der Waals surface area (Å²) in [5.74, 6) is -0.970. The predicted octanol–water partition coefficient (Wildman–Crippen LogP) is 3.02. The Kier molecular flexibility index (Phi) is 4.97. The third kappa shape index (κ3) is 4.09. The van der Waals surface area contributed by atoms with Crippen LogP contribution in [0.3, 0.4) is 0 Å². The minimum atomic E-state index is -3.71. The minimum Gasteiger partial charge on any atom is -0.454 e. The first-order valence-electron chi connectivity index (χ1n) is 9.20. The van der Waals surface area contributed by atoms with Crippen molar-refractivity contribution in [2.75, 3.05) is 13.2 Å². The van der Waals surface area contributed by atoms with Gasteiger partial charge in [-0.15, -0.1) is 0 Å². The smallest absolute Gasteiger partial charge is 0.338 e. The number of benzene rings is 1. The lowest BCUT2D eigenvalue weighted by Gasteiger charge is -2.39. The van der Waals surface area contributed by atoms with Crippen molar-refractivity contribution in [3.05, 3.63) is 29.8 Å². The van der Waals surface area contributed by atoms with Crippen LogP contribution in [0.4, 0.5) is 0 Å². The number of hydrogen-bond acceptors (Lipinski definition) is 5. The number of ketones is 1. The molecule has 3 rings (SSSR count). The predicted molar refractivity (Wildman–Crippen MR) is 101 cm³/mol. The van der Waals surface area contributed by atoms with Crippen LogP contribution in [0.1, 0.15) is 57.3 Å². The van der Waals surface area contributed by atoms with E-state index in [1.54, 1.807) is 4.31 Å². The number of sulfonamides is 1. The van der Waals surface area contributed by atoms with E-state index in [9.17, 15) is 18.0 Å². The average Bonchev–Trinajstić information content (AvgIpc) is 2.82. The number of rotatable bonds is 5. The van der Waals surface area contributed by atoms with E-state index >= 15 is 0 Å². The van der Waals surface area contributed by atoms with Crippen LogP contribution >= 0.6 is 0 Å². The van der Waals surface area contributed by atoms with E-state index in [4.69, 9.17) is 4.74 Å². The minimum absolute atomic E-state index is 0.0164. The van der Waals surface area contributed by atoms with E-state index in [0.29, 0.717) is 6.54 Å². The zero-order valence-corrected chi connectivity index (χ0v) is 17.1. The van der Waals surface area contributed by atoms with Gasteiger partial charge in [0, 0.05) is 12.6 Å². The first-order chi connectivity index (χ1) is 12.4. The van der Waals surface area contributed by atoms with Crippen molar-refractivity contribution in [3.63, 3.8) is 0 Å². The molecule has 148 valence electrons. The van der Waals surface area contributed by atoms with Gasteiger partial charge in [-0.2, -0.15) is 4.31 Å². The first-order valence-corrected chi connectivity index (χ1v) is 10.6. The van der Waals surface area contributed by atoms with Crippen LogP contribution in [0.15, 0.2) is 29.2 Å². The number of carbonyl (C=O) groups is 2. The number of ether oxygens (including phenoxy) is 1. The van der Waals surface area contributed by atoms with E-state index < -0.39 is 16.0 Å². The Labute approximate surface area is 160 Å². The molecule has 2 atom stereocenters. The fourth-order valence-corrected chi connectivity index (χ4v) is 6.68. The second-order valence-electron chi connectivity index (χ2n) is 9.07. The summed E-state index contributed by atoms with van der Waals surface area (Å²) in [5, 5.41) is 0. The fraction of sp³-hybridized carbons (Fsp3) is 0.600. The molecule has 0 amide bonds. The van der Waals surface area contributed by atoms with Crippen molar-refractivity contribution in [2.24, 2.45) is 10.8 Å². The van der Waals surface area contributed by atoms with Crippen molar-refractivity contribution in [2.45, 2.75) is 57.9 Å². The van der Waals surface area contributed by atoms with Crippen LogP contribution in [0.25, 0.3) is 0 Å². The molecule has 1 aromatic rings. The van der Waals surface area contributed by atoms with Crippen LogP contribution in [-0.2, 0) is 19.6 Å². The van der Waals surface area contributed by atoms with Gasteiger partial charge in [-0.05, 0) is 55.2 Å². The van der Waals surface area contributed by atoms with E-state index in [1.807, 2.05) is 0 Å². The van der Waals surface area contributed by atoms with Crippen molar-refractivity contribution in [1.29, 1.82) is 0 Å². The summed E-state index contributed by atoms with van der Waals surface area (Å²) in [6, 6.07) is 5.86. The van der Waals surface area contributed by atoms with Crippen LogP contribution in [0, 0.1) is 10.8 Å². The summed E-state index contributed by atoms with van der Waals surface area (Å²) in [5.41, 5.74) is 0.226. The Bertz CT molecular complexity index is 876. The summed E-state index contributed by atoms with van der Waals surface area (Å²) < 4.78 is 33.1. The first kappa shape index (κ1) is 20.0. The van der Waals surface area contributed by atoms with Crippen molar-refractivity contribution in [1.82, 2.24) is 4.31 Å². The molecule has 1 heterocycles. The standard InChI is InChI=1S/C20H27NO5S/c1-14(22)11-26-18(23)15-6-5-7-17(8-15)27(24,25)21-13-20(4)10-16(21)9-19(2,3)12-20/h5-8,16H,9-13H2,1-4H3/t16-,20-/m0/s1. The molecule has 0 radical (unpaired) electrons. The number of esters is 1. The molecule has 0 aromatic heterocycles. The second-order valence-corrected chi connectivity index (χ2v) is 11.0. The van der Waals surface area contributed by atoms with Crippen LogP contribution in [0.5, 0.6) is 0 Å². The van der Waals surface area contributed by atoms with E-state index in [2.05, 4.69) is 20.8 Å². The molecule has 1 aromatic carbocycles. The number of Topliss-reactive ketones (excluding diaryl/α,β-unsaturated/α-hetero) is 1. The summed E-state index contributed by atoms with van der Waals surface area (Å²) in [6.07, 6.45) is 2.71. The molecule has 2 aliphatic rings. The molecule has 1 saturated carbocycles. The summed E-state index contributed by atoms with van der Waals surface area (Å²) in [4.78, 5) is 23.2. The Morgan fingerprint density at radius 1 is 1.22 bits per heavy atom. The molecule has 0 unspecified atom stereocenters. The van der Waals surface area contributed by atoms with Gasteiger partial charge < -0.3 is 4.74 Å². The molecule has 1 aliphatic carbocycles. The molecular formula is C20H27NO5S. The molecule has 2 fully saturated rings. The number of hydrogen-bond donors (Lipinski definition) is 0. The third-order valence-electron chi connectivity index (χ3n) is 5.45. The summed E-state index contributed by atoms with van der Waals surface area (Å²) in [7, 11) is -3.71. The topological polar surface area (TPSA) is 80.8 Å². The van der Waals surface area contributed by atoms with Gasteiger partial charge >= 0.3 is 5.97 Å². The van der Waals surface area contributed by atoms with Gasteiger partial charge in [-0.3, -0.25) is 4.79 Å². The van der Waals surface area contributed by atoms with E-state index in [0.717, 1.165) is 19.3 Å². The molecule has 6 nitrogen and oxygen atoms in total. The molecule has 0 spiro atoms. The van der Waals surface area contributed by atoms with Gasteiger partial charge in [0.25, 0.3) is 0 Å². The van der Waals surface area contributed by atoms with Crippen LogP contribution in [-0.4, -0.2) is 43.7 Å². The average molecular weight is 394 g/mol. The van der Waals surface area contributed by atoms with E-state index in [-0.39, 0.29) is 39.7 Å². The summed E-state index contributed by atoms with van der Waals surface area (Å²) in [6.45, 7) is 8.05. The van der Waals surface area contributed by atoms with Crippen molar-refractivity contribution < 1.29 is 22.7 Å². The fourth-order valence-electron chi connectivity index (χ4n) is 4.86. The molecule has 0 N–H and O–H groups in total. The lowest BCUT2D eigenvalue weighted by molar-refractivity contribution is -0.120. The Balaban J connectivity index is 1.87. The zero-order chi connectivity index (χ0) is 20.0. The maximum atomic E-state index is 13.3. The monoisotopic (exact) mass is 393 g/mol. The number of carbonyl (C=O) groups excluding carboxylic acids is 2. The lowest BCUT2D eigenvalue weighted by Crippen LogP contribution is -2.37. The normalized spacial score (nSPS) is 27.3. The van der Waals surface area contributed by atoms with Gasteiger partial charge in [0.15, 0.2) is 5.78 Å². The van der Waals surface area contributed by atoms with Crippen LogP contribution in [0.2, 0.25) is 0 Å². The maximum Gasteiger partial charge on any atom is 0.338 e. The lowest BCUT2D eigenvalue weighted by atomic mass is 9.65. The highest BCUT2D eigenvalue weighted by Gasteiger charge is 2.53. The number of nitrogens with zero attached hydrogens (tertiary/aromatic N) is 1. The quantitative estimate of drug-likeness (QED) is 0.719. The molecule has 27 heavy (non-hydrogen) atoms.